The molecule has 3 aliphatic heterocycles. The van der Waals surface area contributed by atoms with Crippen molar-refractivity contribution in [3.05, 3.63) is 59.7 Å². The van der Waals surface area contributed by atoms with Crippen LogP contribution in [0.25, 0.3) is 0 Å². The van der Waals surface area contributed by atoms with Crippen LogP contribution < -0.4 is 9.80 Å². The predicted molar refractivity (Wildman–Crippen MR) is 127 cm³/mol. The molecular weight excluding hydrogens is 432 g/mol. The monoisotopic (exact) mass is 460 g/mol. The van der Waals surface area contributed by atoms with Gasteiger partial charge in [0.25, 0.3) is 11.8 Å². The number of hydrogen-bond acceptors (Lipinski definition) is 6. The Labute approximate surface area is 198 Å². The van der Waals surface area contributed by atoms with E-state index in [1.54, 1.807) is 24.3 Å². The van der Waals surface area contributed by atoms with Gasteiger partial charge in [-0.3, -0.25) is 29.0 Å². The fraction of sp³-hybridized carbons (Fsp3) is 0.385. The molecule has 3 aliphatic rings. The van der Waals surface area contributed by atoms with Crippen LogP contribution in [0.3, 0.4) is 0 Å². The van der Waals surface area contributed by atoms with Gasteiger partial charge in [0, 0.05) is 26.2 Å². The molecular formula is C26H28N4O4. The van der Waals surface area contributed by atoms with Gasteiger partial charge in [-0.05, 0) is 38.1 Å². The number of carbonyl (C=O) groups is 4. The molecule has 0 bridgehead atoms. The third kappa shape index (κ3) is 3.93. The quantitative estimate of drug-likeness (QED) is 0.649. The number of benzene rings is 2. The third-order valence-electron chi connectivity index (χ3n) is 7.06. The van der Waals surface area contributed by atoms with Crippen LogP contribution >= 0.6 is 0 Å². The summed E-state index contributed by atoms with van der Waals surface area (Å²) < 4.78 is 0. The number of aryl methyl sites for hydroxylation is 2. The van der Waals surface area contributed by atoms with Gasteiger partial charge in [0.1, 0.15) is 0 Å². The first kappa shape index (κ1) is 22.4. The number of imide groups is 2. The van der Waals surface area contributed by atoms with Crippen LogP contribution in [0.4, 0.5) is 11.4 Å². The normalized spacial score (nSPS) is 24.5. The van der Waals surface area contributed by atoms with E-state index in [9.17, 15) is 19.2 Å². The Bertz CT molecular complexity index is 1040. The minimum atomic E-state index is -0.485. The number of rotatable bonds is 4. The summed E-state index contributed by atoms with van der Waals surface area (Å²) in [5.74, 6) is -0.766. The molecule has 34 heavy (non-hydrogen) atoms. The van der Waals surface area contributed by atoms with Gasteiger partial charge in [-0.15, -0.1) is 0 Å². The van der Waals surface area contributed by atoms with Crippen LogP contribution in [-0.4, -0.2) is 71.7 Å². The predicted octanol–water partition coefficient (Wildman–Crippen LogP) is 1.89. The van der Waals surface area contributed by atoms with E-state index in [-0.39, 0.29) is 36.5 Å². The van der Waals surface area contributed by atoms with Crippen molar-refractivity contribution in [2.45, 2.75) is 38.8 Å². The zero-order valence-corrected chi connectivity index (χ0v) is 19.4. The van der Waals surface area contributed by atoms with E-state index in [1.807, 2.05) is 47.9 Å². The van der Waals surface area contributed by atoms with Gasteiger partial charge in [-0.25, -0.2) is 9.80 Å². The molecule has 0 spiro atoms. The van der Waals surface area contributed by atoms with Crippen LogP contribution in [0.5, 0.6) is 0 Å². The highest BCUT2D eigenvalue weighted by molar-refractivity contribution is 6.23. The Balaban J connectivity index is 1.23. The van der Waals surface area contributed by atoms with Gasteiger partial charge in [-0.1, -0.05) is 35.4 Å². The second-order valence-electron chi connectivity index (χ2n) is 9.32. The van der Waals surface area contributed by atoms with Crippen LogP contribution in [-0.2, 0) is 19.2 Å². The molecule has 0 aromatic heterocycles. The first-order chi connectivity index (χ1) is 16.3. The molecule has 4 amide bonds. The SMILES string of the molecule is Cc1ccc(N2C(=O)CC(N3CCN(C4CC(=O)N(c5ccc(C)cc5)C4=O)CC3)C2=O)cc1. The summed E-state index contributed by atoms with van der Waals surface area (Å²) in [6.45, 7) is 6.18. The summed E-state index contributed by atoms with van der Waals surface area (Å²) in [4.78, 5) is 58.1. The Hall–Kier alpha value is -3.36. The lowest BCUT2D eigenvalue weighted by Crippen LogP contribution is -2.56. The summed E-state index contributed by atoms with van der Waals surface area (Å²) in [5, 5.41) is 0. The number of hydrogen-bond donors (Lipinski definition) is 0. The zero-order chi connectivity index (χ0) is 24.0. The van der Waals surface area contributed by atoms with Crippen LogP contribution in [0.1, 0.15) is 24.0 Å². The maximum absolute atomic E-state index is 13.1. The van der Waals surface area contributed by atoms with Crippen molar-refractivity contribution in [2.24, 2.45) is 0 Å². The molecule has 0 saturated carbocycles. The van der Waals surface area contributed by atoms with E-state index >= 15 is 0 Å². The fourth-order valence-corrected chi connectivity index (χ4v) is 5.09. The van der Waals surface area contributed by atoms with Gasteiger partial charge in [0.05, 0.1) is 36.3 Å². The number of nitrogens with zero attached hydrogens (tertiary/aromatic N) is 4. The average Bonchev–Trinajstić information content (AvgIpc) is 3.29. The van der Waals surface area contributed by atoms with Crippen molar-refractivity contribution in [2.75, 3.05) is 36.0 Å². The maximum Gasteiger partial charge on any atom is 0.251 e. The first-order valence-corrected chi connectivity index (χ1v) is 11.7. The standard InChI is InChI=1S/C26H28N4O4/c1-17-3-7-19(8-4-17)29-23(31)15-21(25(29)33)27-11-13-28(14-12-27)22-16-24(32)30(26(22)34)20-9-5-18(2)6-10-20/h3-10,21-22H,11-16H2,1-2H3. The van der Waals surface area contributed by atoms with E-state index in [0.717, 1.165) is 11.1 Å². The molecule has 2 aromatic carbocycles. The summed E-state index contributed by atoms with van der Waals surface area (Å²) in [5.41, 5.74) is 3.34. The number of carbonyl (C=O) groups excluding carboxylic acids is 4. The van der Waals surface area contributed by atoms with Gasteiger partial charge in [0.15, 0.2) is 0 Å². The van der Waals surface area contributed by atoms with Gasteiger partial charge in [-0.2, -0.15) is 0 Å². The molecule has 8 nitrogen and oxygen atoms in total. The van der Waals surface area contributed by atoms with E-state index in [1.165, 1.54) is 9.80 Å². The van der Waals surface area contributed by atoms with Gasteiger partial charge < -0.3 is 0 Å². The zero-order valence-electron chi connectivity index (χ0n) is 19.4. The number of amides is 4. The second kappa shape index (κ2) is 8.77. The lowest BCUT2D eigenvalue weighted by Gasteiger charge is -2.38. The molecule has 3 fully saturated rings. The molecule has 8 heteroatoms. The van der Waals surface area contributed by atoms with Crippen molar-refractivity contribution in [1.82, 2.24) is 9.80 Å². The van der Waals surface area contributed by atoms with Crippen molar-refractivity contribution in [3.8, 4) is 0 Å². The smallest absolute Gasteiger partial charge is 0.251 e. The Morgan fingerprint density at radius 2 is 0.882 bits per heavy atom. The Kier molecular flexibility index (Phi) is 5.79. The average molecular weight is 461 g/mol. The van der Waals surface area contributed by atoms with Crippen molar-refractivity contribution in [1.29, 1.82) is 0 Å². The molecule has 0 aliphatic carbocycles. The van der Waals surface area contributed by atoms with E-state index in [2.05, 4.69) is 0 Å². The Morgan fingerprint density at radius 1 is 0.559 bits per heavy atom. The molecule has 176 valence electrons. The molecule has 3 saturated heterocycles. The largest absolute Gasteiger partial charge is 0.289 e. The number of anilines is 2. The third-order valence-corrected chi connectivity index (χ3v) is 7.06. The van der Waals surface area contributed by atoms with Crippen LogP contribution in [0, 0.1) is 13.8 Å². The summed E-state index contributed by atoms with van der Waals surface area (Å²) in [6, 6.07) is 13.8. The van der Waals surface area contributed by atoms with E-state index in [0.29, 0.717) is 37.6 Å². The van der Waals surface area contributed by atoms with Gasteiger partial charge >= 0.3 is 0 Å². The van der Waals surface area contributed by atoms with Crippen molar-refractivity contribution in [3.63, 3.8) is 0 Å². The minimum absolute atomic E-state index is 0.161. The highest BCUT2D eigenvalue weighted by Gasteiger charge is 2.46. The van der Waals surface area contributed by atoms with E-state index < -0.39 is 12.1 Å². The molecule has 3 heterocycles. The Morgan fingerprint density at radius 3 is 1.21 bits per heavy atom. The molecule has 2 atom stereocenters. The van der Waals surface area contributed by atoms with Crippen LogP contribution in [0.15, 0.2) is 48.5 Å². The highest BCUT2D eigenvalue weighted by Crippen LogP contribution is 2.29. The first-order valence-electron chi connectivity index (χ1n) is 11.7. The lowest BCUT2D eigenvalue weighted by molar-refractivity contribution is -0.126. The summed E-state index contributed by atoms with van der Waals surface area (Å²) >= 11 is 0. The van der Waals surface area contributed by atoms with Crippen LogP contribution in [0.2, 0.25) is 0 Å². The van der Waals surface area contributed by atoms with Crippen molar-refractivity contribution >= 4 is 35.0 Å². The number of piperazine rings is 1. The summed E-state index contributed by atoms with van der Waals surface area (Å²) in [7, 11) is 0. The minimum Gasteiger partial charge on any atom is -0.289 e. The maximum atomic E-state index is 13.1. The second-order valence-corrected chi connectivity index (χ2v) is 9.32. The fourth-order valence-electron chi connectivity index (χ4n) is 5.09. The lowest BCUT2D eigenvalue weighted by atomic mass is 10.1. The molecule has 2 aromatic rings. The summed E-state index contributed by atoms with van der Waals surface area (Å²) in [6.07, 6.45) is 0.323. The molecule has 0 radical (unpaired) electrons. The highest BCUT2D eigenvalue weighted by atomic mass is 16.2. The van der Waals surface area contributed by atoms with E-state index in [4.69, 9.17) is 0 Å². The van der Waals surface area contributed by atoms with Crippen molar-refractivity contribution < 1.29 is 19.2 Å². The molecule has 5 rings (SSSR count). The molecule has 0 N–H and O–H groups in total. The van der Waals surface area contributed by atoms with Gasteiger partial charge in [0.2, 0.25) is 11.8 Å². The topological polar surface area (TPSA) is 81.2 Å². The molecule has 2 unspecified atom stereocenters.